The minimum atomic E-state index is -4.64. The molecule has 1 heterocycles. The molecule has 8 heteroatoms. The highest BCUT2D eigenvalue weighted by Gasteiger charge is 2.54. The van der Waals surface area contributed by atoms with E-state index in [-0.39, 0.29) is 19.1 Å². The molecule has 128 valence electrons. The molecular formula is C14H23F3N2O3. The Hall–Kier alpha value is -1.02. The van der Waals surface area contributed by atoms with Crippen molar-refractivity contribution in [1.29, 1.82) is 0 Å². The molecule has 1 aliphatic carbocycles. The van der Waals surface area contributed by atoms with Crippen LogP contribution >= 0.6 is 0 Å². The van der Waals surface area contributed by atoms with E-state index in [1.807, 2.05) is 0 Å². The minimum absolute atomic E-state index is 0.0972. The van der Waals surface area contributed by atoms with E-state index in [1.165, 1.54) is 17.7 Å². The predicted octanol–water partition coefficient (Wildman–Crippen LogP) is 1.90. The molecule has 2 N–H and O–H groups in total. The number of nitrogens with one attached hydrogen (secondary N) is 1. The quantitative estimate of drug-likeness (QED) is 0.734. The van der Waals surface area contributed by atoms with Crippen molar-refractivity contribution >= 4 is 6.03 Å². The third kappa shape index (κ3) is 4.74. The summed E-state index contributed by atoms with van der Waals surface area (Å²) in [6.07, 6.45) is -2.46. The van der Waals surface area contributed by atoms with Crippen LogP contribution in [0.15, 0.2) is 0 Å². The van der Waals surface area contributed by atoms with Crippen LogP contribution in [0.5, 0.6) is 0 Å². The Bertz CT molecular complexity index is 378. The van der Waals surface area contributed by atoms with Gasteiger partial charge in [0, 0.05) is 45.7 Å². The maximum absolute atomic E-state index is 12.7. The zero-order valence-electron chi connectivity index (χ0n) is 12.5. The van der Waals surface area contributed by atoms with Crippen molar-refractivity contribution in [2.75, 3.05) is 32.8 Å². The predicted molar refractivity (Wildman–Crippen MR) is 73.4 cm³/mol. The third-order valence-electron chi connectivity index (χ3n) is 4.20. The number of urea groups is 1. The van der Waals surface area contributed by atoms with Gasteiger partial charge >= 0.3 is 12.2 Å². The molecule has 0 radical (unpaired) electrons. The molecule has 2 aliphatic rings. The Balaban J connectivity index is 1.58. The number of carbonyl (C=O) groups excluding carboxylic acids is 1. The fraction of sp³-hybridized carbons (Fsp3) is 0.929. The highest BCUT2D eigenvalue weighted by molar-refractivity contribution is 5.74. The first-order valence-corrected chi connectivity index (χ1v) is 7.71. The molecular weight excluding hydrogens is 301 g/mol. The molecule has 0 unspecified atom stereocenters. The maximum Gasteiger partial charge on any atom is 0.417 e. The van der Waals surface area contributed by atoms with E-state index in [9.17, 15) is 23.1 Å². The first-order valence-electron chi connectivity index (χ1n) is 7.71. The monoisotopic (exact) mass is 324 g/mol. The molecule has 1 saturated carbocycles. The topological polar surface area (TPSA) is 61.8 Å². The van der Waals surface area contributed by atoms with Crippen LogP contribution in [0.3, 0.4) is 0 Å². The lowest BCUT2D eigenvalue weighted by atomic mass is 9.91. The Labute approximate surface area is 127 Å². The van der Waals surface area contributed by atoms with Crippen molar-refractivity contribution in [2.45, 2.75) is 43.9 Å². The van der Waals surface area contributed by atoms with Gasteiger partial charge in [0.1, 0.15) is 0 Å². The molecule has 22 heavy (non-hydrogen) atoms. The number of aliphatic hydroxyl groups is 1. The summed E-state index contributed by atoms with van der Waals surface area (Å²) in [5.74, 6) is 0.704. The van der Waals surface area contributed by atoms with Crippen LogP contribution in [0.25, 0.3) is 0 Å². The SMILES string of the molecule is O=C(NCCCOCC1CC1)N1CCC(O)(C(F)(F)F)CC1. The fourth-order valence-electron chi connectivity index (χ4n) is 2.38. The fourth-order valence-corrected chi connectivity index (χ4v) is 2.38. The molecule has 1 aliphatic heterocycles. The minimum Gasteiger partial charge on any atom is -0.381 e. The van der Waals surface area contributed by atoms with E-state index < -0.39 is 24.6 Å². The van der Waals surface area contributed by atoms with E-state index in [1.54, 1.807) is 0 Å². The van der Waals surface area contributed by atoms with Crippen LogP contribution in [-0.2, 0) is 4.74 Å². The molecule has 0 spiro atoms. The second-order valence-electron chi connectivity index (χ2n) is 6.12. The number of ether oxygens (including phenoxy) is 1. The van der Waals surface area contributed by atoms with Crippen LogP contribution in [0.4, 0.5) is 18.0 Å². The van der Waals surface area contributed by atoms with E-state index in [2.05, 4.69) is 5.32 Å². The number of halogens is 3. The zero-order valence-corrected chi connectivity index (χ0v) is 12.5. The summed E-state index contributed by atoms with van der Waals surface area (Å²) in [6.45, 7) is 1.59. The second-order valence-corrected chi connectivity index (χ2v) is 6.12. The molecule has 0 atom stereocenters. The Morgan fingerprint density at radius 3 is 2.50 bits per heavy atom. The summed E-state index contributed by atoms with van der Waals surface area (Å²) in [5.41, 5.74) is -2.67. The van der Waals surface area contributed by atoms with Crippen LogP contribution in [0.2, 0.25) is 0 Å². The Morgan fingerprint density at radius 2 is 1.95 bits per heavy atom. The van der Waals surface area contributed by atoms with E-state index >= 15 is 0 Å². The van der Waals surface area contributed by atoms with Gasteiger partial charge in [0.15, 0.2) is 5.60 Å². The first kappa shape index (κ1) is 17.3. The van der Waals surface area contributed by atoms with Gasteiger partial charge < -0.3 is 20.1 Å². The smallest absolute Gasteiger partial charge is 0.381 e. The van der Waals surface area contributed by atoms with E-state index in [0.717, 1.165) is 6.61 Å². The van der Waals surface area contributed by atoms with Crippen molar-refractivity contribution in [2.24, 2.45) is 5.92 Å². The van der Waals surface area contributed by atoms with Gasteiger partial charge in [0.25, 0.3) is 0 Å². The van der Waals surface area contributed by atoms with Crippen LogP contribution in [0.1, 0.15) is 32.1 Å². The summed E-state index contributed by atoms with van der Waals surface area (Å²) in [7, 11) is 0. The lowest BCUT2D eigenvalue weighted by Gasteiger charge is -2.39. The second kappa shape index (κ2) is 7.04. The van der Waals surface area contributed by atoms with Gasteiger partial charge in [0.2, 0.25) is 0 Å². The average Bonchev–Trinajstić information content (AvgIpc) is 3.26. The number of hydrogen-bond donors (Lipinski definition) is 2. The summed E-state index contributed by atoms with van der Waals surface area (Å²) >= 11 is 0. The van der Waals surface area contributed by atoms with E-state index in [0.29, 0.717) is 25.5 Å². The number of rotatable bonds is 6. The number of piperidine rings is 1. The lowest BCUT2D eigenvalue weighted by molar-refractivity contribution is -0.271. The standard InChI is InChI=1S/C14H23F3N2O3/c15-14(16,17)13(21)4-7-19(8-5-13)12(20)18-6-1-9-22-10-11-2-3-11/h11,21H,1-10H2,(H,18,20). The number of nitrogens with zero attached hydrogens (tertiary/aromatic N) is 1. The lowest BCUT2D eigenvalue weighted by Crippen LogP contribution is -2.55. The maximum atomic E-state index is 12.7. The van der Waals surface area contributed by atoms with Crippen molar-refractivity contribution in [1.82, 2.24) is 10.2 Å². The molecule has 0 aromatic rings. The molecule has 0 aromatic heterocycles. The Kier molecular flexibility index (Phi) is 5.55. The van der Waals surface area contributed by atoms with Gasteiger partial charge in [-0.1, -0.05) is 0 Å². The van der Waals surface area contributed by atoms with Crippen LogP contribution in [0, 0.1) is 5.92 Å². The van der Waals surface area contributed by atoms with Gasteiger partial charge in [-0.2, -0.15) is 13.2 Å². The summed E-state index contributed by atoms with van der Waals surface area (Å²) in [4.78, 5) is 13.1. The molecule has 5 nitrogen and oxygen atoms in total. The highest BCUT2D eigenvalue weighted by atomic mass is 19.4. The Morgan fingerprint density at radius 1 is 1.32 bits per heavy atom. The number of likely N-dealkylation sites (tertiary alicyclic amines) is 1. The summed E-state index contributed by atoms with van der Waals surface area (Å²) in [5, 5.41) is 12.2. The summed E-state index contributed by atoms with van der Waals surface area (Å²) < 4.78 is 43.4. The molecule has 2 amide bonds. The molecule has 2 rings (SSSR count). The molecule has 2 fully saturated rings. The van der Waals surface area contributed by atoms with Crippen molar-refractivity contribution in [3.63, 3.8) is 0 Å². The van der Waals surface area contributed by atoms with Gasteiger partial charge in [-0.15, -0.1) is 0 Å². The van der Waals surface area contributed by atoms with Crippen molar-refractivity contribution in [3.05, 3.63) is 0 Å². The number of carbonyl (C=O) groups is 1. The van der Waals surface area contributed by atoms with Crippen molar-refractivity contribution < 1.29 is 27.8 Å². The van der Waals surface area contributed by atoms with Gasteiger partial charge in [-0.05, 0) is 25.2 Å². The van der Waals surface area contributed by atoms with Gasteiger partial charge in [-0.25, -0.2) is 4.79 Å². The largest absolute Gasteiger partial charge is 0.417 e. The number of amides is 2. The van der Waals surface area contributed by atoms with Crippen molar-refractivity contribution in [3.8, 4) is 0 Å². The highest BCUT2D eigenvalue weighted by Crippen LogP contribution is 2.38. The van der Waals surface area contributed by atoms with Gasteiger partial charge in [0.05, 0.1) is 0 Å². The third-order valence-corrected chi connectivity index (χ3v) is 4.20. The number of hydrogen-bond acceptors (Lipinski definition) is 3. The molecule has 0 aromatic carbocycles. The van der Waals surface area contributed by atoms with E-state index in [4.69, 9.17) is 4.74 Å². The number of alkyl halides is 3. The molecule has 1 saturated heterocycles. The van der Waals surface area contributed by atoms with Crippen LogP contribution in [-0.4, -0.2) is 60.7 Å². The summed E-state index contributed by atoms with van der Waals surface area (Å²) in [6, 6.07) is -0.383. The van der Waals surface area contributed by atoms with Crippen LogP contribution < -0.4 is 5.32 Å². The van der Waals surface area contributed by atoms with Gasteiger partial charge in [-0.3, -0.25) is 0 Å². The average molecular weight is 324 g/mol. The zero-order chi connectivity index (χ0) is 16.2. The molecule has 0 bridgehead atoms. The normalized spacial score (nSPS) is 21.7. The first-order chi connectivity index (χ1) is 10.3.